The molecule has 0 fully saturated rings. The van der Waals surface area contributed by atoms with E-state index in [1.165, 1.54) is 34.6 Å². The number of hydrogen-bond donors (Lipinski definition) is 2. The average molecular weight is 384 g/mol. The molecule has 0 aliphatic carbocycles. The van der Waals surface area contributed by atoms with E-state index in [-0.39, 0.29) is 35.7 Å². The third-order valence-corrected chi connectivity index (χ3v) is 2.98. The van der Waals surface area contributed by atoms with Crippen LogP contribution in [0.3, 0.4) is 0 Å². The molecule has 0 aromatic carbocycles. The first-order valence-electron chi connectivity index (χ1n) is 7.83. The van der Waals surface area contributed by atoms with E-state index in [1.54, 1.807) is 0 Å². The van der Waals surface area contributed by atoms with Gasteiger partial charge in [-0.25, -0.2) is 0 Å². The van der Waals surface area contributed by atoms with Crippen LogP contribution >= 0.6 is 0 Å². The van der Waals surface area contributed by atoms with Crippen molar-refractivity contribution in [3.8, 4) is 0 Å². The van der Waals surface area contributed by atoms with E-state index in [0.717, 1.165) is 17.7 Å². The van der Waals surface area contributed by atoms with Crippen molar-refractivity contribution in [3.05, 3.63) is 22.5 Å². The van der Waals surface area contributed by atoms with E-state index < -0.39 is 0 Å². The highest BCUT2D eigenvalue weighted by Gasteiger charge is 2.20. The van der Waals surface area contributed by atoms with Crippen LogP contribution in [0.1, 0.15) is 61.3 Å². The molecule has 0 spiro atoms. The summed E-state index contributed by atoms with van der Waals surface area (Å²) in [6.45, 7) is 13.0. The number of nitrogens with one attached hydrogen (secondary N) is 1. The Balaban J connectivity index is -0.000000173. The fraction of sp³-hybridized carbons (Fsp3) is 0.474. The average Bonchev–Trinajstić information content (AvgIpc) is 2.48. The van der Waals surface area contributed by atoms with E-state index in [4.69, 9.17) is 9.59 Å². The van der Waals surface area contributed by atoms with Crippen LogP contribution in [-0.4, -0.2) is 36.2 Å². The van der Waals surface area contributed by atoms with Crippen molar-refractivity contribution >= 4 is 36.2 Å². The SMILES string of the molecule is C=O.CC(=O)C1=C(C)NC(C)=C(C(C)=O)C1.CC(=O)CC(C)=O.CC=O.N. The largest absolute Gasteiger partial charge is 0.362 e. The molecule has 8 nitrogen and oxygen atoms in total. The number of dihydropyridines is 1. The van der Waals surface area contributed by atoms with Gasteiger partial charge in [0.25, 0.3) is 0 Å². The van der Waals surface area contributed by atoms with Crippen LogP contribution in [0.2, 0.25) is 0 Å². The molecule has 0 amide bonds. The molecule has 1 heterocycles. The first kappa shape index (κ1) is 32.0. The van der Waals surface area contributed by atoms with Crippen molar-refractivity contribution in [2.24, 2.45) is 0 Å². The van der Waals surface area contributed by atoms with Crippen molar-refractivity contribution in [1.82, 2.24) is 11.5 Å². The Morgan fingerprint density at radius 1 is 0.889 bits per heavy atom. The van der Waals surface area contributed by atoms with E-state index >= 15 is 0 Å². The molecule has 0 unspecified atom stereocenters. The molecule has 27 heavy (non-hydrogen) atoms. The van der Waals surface area contributed by atoms with Gasteiger partial charge in [0.05, 0.1) is 6.42 Å². The van der Waals surface area contributed by atoms with Crippen molar-refractivity contribution < 1.29 is 28.8 Å². The molecule has 0 saturated carbocycles. The van der Waals surface area contributed by atoms with Gasteiger partial charge >= 0.3 is 0 Å². The highest BCUT2D eigenvalue weighted by Crippen LogP contribution is 2.23. The molecule has 8 heteroatoms. The van der Waals surface area contributed by atoms with Gasteiger partial charge in [0.15, 0.2) is 11.6 Å². The summed E-state index contributed by atoms with van der Waals surface area (Å²) in [5.41, 5.74) is 3.14. The van der Waals surface area contributed by atoms with Gasteiger partial charge in [0.2, 0.25) is 0 Å². The van der Waals surface area contributed by atoms with Gasteiger partial charge < -0.3 is 21.1 Å². The zero-order valence-electron chi connectivity index (χ0n) is 17.4. The monoisotopic (exact) mass is 384 g/mol. The van der Waals surface area contributed by atoms with Gasteiger partial charge in [-0.1, -0.05) is 0 Å². The summed E-state index contributed by atoms with van der Waals surface area (Å²) in [7, 11) is 0. The Bertz CT molecular complexity index is 557. The Labute approximate surface area is 161 Å². The second-order valence-corrected chi connectivity index (χ2v) is 5.44. The highest BCUT2D eigenvalue weighted by atomic mass is 16.1. The van der Waals surface area contributed by atoms with Crippen molar-refractivity contribution in [1.29, 1.82) is 0 Å². The summed E-state index contributed by atoms with van der Waals surface area (Å²) < 4.78 is 0. The van der Waals surface area contributed by atoms with Crippen LogP contribution in [0, 0.1) is 0 Å². The summed E-state index contributed by atoms with van der Waals surface area (Å²) in [4.78, 5) is 59.4. The molecule has 1 rings (SSSR count). The number of carbonyl (C=O) groups is 6. The Morgan fingerprint density at radius 2 is 1.15 bits per heavy atom. The molecule has 0 atom stereocenters. The maximum Gasteiger partial charge on any atom is 0.157 e. The third-order valence-electron chi connectivity index (χ3n) is 2.98. The molecule has 0 radical (unpaired) electrons. The maximum absolute atomic E-state index is 11.3. The summed E-state index contributed by atoms with van der Waals surface area (Å²) in [5.74, 6) is -0.0671. The lowest BCUT2D eigenvalue weighted by atomic mass is 9.94. The smallest absolute Gasteiger partial charge is 0.157 e. The maximum atomic E-state index is 11.3. The van der Waals surface area contributed by atoms with E-state index in [2.05, 4.69) is 5.32 Å². The second-order valence-electron chi connectivity index (χ2n) is 5.44. The van der Waals surface area contributed by atoms with Crippen LogP contribution in [0.15, 0.2) is 22.5 Å². The van der Waals surface area contributed by atoms with Gasteiger partial charge in [-0.15, -0.1) is 0 Å². The molecule has 0 bridgehead atoms. The molecule has 0 saturated heterocycles. The van der Waals surface area contributed by atoms with E-state index in [0.29, 0.717) is 17.6 Å². The first-order chi connectivity index (χ1) is 12.0. The Hall–Kier alpha value is -2.74. The first-order valence-corrected chi connectivity index (χ1v) is 7.83. The number of aldehydes is 1. The van der Waals surface area contributed by atoms with E-state index in [1.807, 2.05) is 20.6 Å². The lowest BCUT2D eigenvalue weighted by Gasteiger charge is -2.21. The lowest BCUT2D eigenvalue weighted by Crippen LogP contribution is -2.23. The molecule has 0 aromatic rings. The zero-order chi connectivity index (χ0) is 21.4. The molecule has 1 aliphatic rings. The van der Waals surface area contributed by atoms with Crippen molar-refractivity contribution in [2.45, 2.75) is 61.3 Å². The predicted molar refractivity (Wildman–Crippen MR) is 104 cm³/mol. The standard InChI is InChI=1S/C11H15NO2.C5H8O2.C2H4O.CH2O.H3N/c1-6-10(8(3)13)5-11(9(4)14)7(2)12-6;1-4(6)3-5(2)7;1-2-3;1-2;/h12H,5H2,1-4H3;3H2,1-2H3;2H,1H3;1H2;1H3. The highest BCUT2D eigenvalue weighted by molar-refractivity contribution is 6.00. The van der Waals surface area contributed by atoms with Gasteiger partial charge in [0.1, 0.15) is 24.6 Å². The molecular weight excluding hydrogens is 352 g/mol. The molecular formula is C19H32N2O6. The lowest BCUT2D eigenvalue weighted by molar-refractivity contribution is -0.124. The van der Waals surface area contributed by atoms with E-state index in [9.17, 15) is 19.2 Å². The summed E-state index contributed by atoms with van der Waals surface area (Å²) in [6.07, 6.45) is 1.30. The minimum Gasteiger partial charge on any atom is -0.362 e. The van der Waals surface area contributed by atoms with Gasteiger partial charge in [-0.2, -0.15) is 0 Å². The number of hydrogen-bond acceptors (Lipinski definition) is 8. The quantitative estimate of drug-likeness (QED) is 0.554. The number of Topliss-reactive ketones (excluding diaryl/α,β-unsaturated/α-hetero) is 4. The normalized spacial score (nSPS) is 11.5. The summed E-state index contributed by atoms with van der Waals surface area (Å²) in [6, 6.07) is 0. The second kappa shape index (κ2) is 18.1. The van der Waals surface area contributed by atoms with Crippen LogP contribution in [0.5, 0.6) is 0 Å². The fourth-order valence-corrected chi connectivity index (χ4v) is 2.00. The predicted octanol–water partition coefficient (Wildman–Crippen LogP) is 2.44. The van der Waals surface area contributed by atoms with Gasteiger partial charge in [-0.3, -0.25) is 19.2 Å². The minimum absolute atomic E-state index is 0. The van der Waals surface area contributed by atoms with Crippen molar-refractivity contribution in [3.63, 3.8) is 0 Å². The Morgan fingerprint density at radius 3 is 1.30 bits per heavy atom. The number of allylic oxidation sites excluding steroid dienone is 4. The fourth-order valence-electron chi connectivity index (χ4n) is 2.00. The topological polar surface area (TPSA) is 149 Å². The van der Waals surface area contributed by atoms with Crippen LogP contribution in [-0.2, 0) is 28.8 Å². The zero-order valence-corrected chi connectivity index (χ0v) is 17.4. The number of ketones is 4. The van der Waals surface area contributed by atoms with Crippen LogP contribution in [0.25, 0.3) is 0 Å². The van der Waals surface area contributed by atoms with Crippen LogP contribution < -0.4 is 11.5 Å². The summed E-state index contributed by atoms with van der Waals surface area (Å²) >= 11 is 0. The van der Waals surface area contributed by atoms with Crippen LogP contribution in [0.4, 0.5) is 0 Å². The number of rotatable bonds is 4. The molecule has 0 aromatic heterocycles. The minimum atomic E-state index is -0.0625. The third kappa shape index (κ3) is 16.5. The Kier molecular flexibility index (Phi) is 21.4. The summed E-state index contributed by atoms with van der Waals surface area (Å²) in [5, 5.41) is 3.06. The van der Waals surface area contributed by atoms with Gasteiger partial charge in [0, 0.05) is 29.0 Å². The van der Waals surface area contributed by atoms with Crippen molar-refractivity contribution in [2.75, 3.05) is 0 Å². The van der Waals surface area contributed by atoms with Gasteiger partial charge in [-0.05, 0) is 48.5 Å². The number of carbonyl (C=O) groups excluding carboxylic acids is 6. The molecule has 154 valence electrons. The molecule has 4 N–H and O–H groups in total. The molecule has 1 aliphatic heterocycles.